The Hall–Kier alpha value is -0.780. The van der Waals surface area contributed by atoms with E-state index in [9.17, 15) is 8.78 Å². The van der Waals surface area contributed by atoms with Crippen molar-refractivity contribution in [1.82, 2.24) is 5.32 Å². The van der Waals surface area contributed by atoms with Crippen LogP contribution in [0.4, 0.5) is 8.78 Å². The van der Waals surface area contributed by atoms with E-state index in [1.807, 2.05) is 13.1 Å². The second kappa shape index (κ2) is 6.78. The van der Waals surface area contributed by atoms with Crippen LogP contribution in [0, 0.1) is 11.6 Å². The summed E-state index contributed by atoms with van der Waals surface area (Å²) in [5.41, 5.74) is 1.81. The Kier molecular flexibility index (Phi) is 5.29. The predicted molar refractivity (Wildman–Crippen MR) is 83.7 cm³/mol. The molecular weight excluding hydrogens is 392 g/mol. The van der Waals surface area contributed by atoms with Crippen molar-refractivity contribution in [2.45, 2.75) is 12.5 Å². The maximum absolute atomic E-state index is 13.5. The summed E-state index contributed by atoms with van der Waals surface area (Å²) in [5.74, 6) is -0.576. The minimum Gasteiger partial charge on any atom is -0.313 e. The molecule has 0 radical (unpaired) electrons. The third kappa shape index (κ3) is 3.45. The summed E-state index contributed by atoms with van der Waals surface area (Å²) in [6.45, 7) is 0. The van der Waals surface area contributed by atoms with Crippen molar-refractivity contribution in [3.63, 3.8) is 0 Å². The maximum atomic E-state index is 13.5. The zero-order chi connectivity index (χ0) is 14.7. The van der Waals surface area contributed by atoms with Crippen LogP contribution in [-0.4, -0.2) is 7.05 Å². The average Bonchev–Trinajstić information content (AvgIpc) is 2.44. The van der Waals surface area contributed by atoms with Gasteiger partial charge in [0.2, 0.25) is 0 Å². The van der Waals surface area contributed by atoms with Gasteiger partial charge in [-0.2, -0.15) is 0 Å². The number of likely N-dealkylation sites (N-methyl/N-ethyl adjacent to an activating group) is 1. The summed E-state index contributed by atoms with van der Waals surface area (Å²) >= 11 is 6.45. The molecular formula is C15H13Br2F2N. The molecule has 0 aromatic heterocycles. The van der Waals surface area contributed by atoms with E-state index in [4.69, 9.17) is 0 Å². The monoisotopic (exact) mass is 403 g/mol. The summed E-state index contributed by atoms with van der Waals surface area (Å²) in [4.78, 5) is 0. The van der Waals surface area contributed by atoms with Crippen LogP contribution in [0.1, 0.15) is 17.2 Å². The van der Waals surface area contributed by atoms with Gasteiger partial charge < -0.3 is 5.32 Å². The van der Waals surface area contributed by atoms with Crippen LogP contribution in [0.3, 0.4) is 0 Å². The molecule has 0 amide bonds. The highest BCUT2D eigenvalue weighted by Crippen LogP contribution is 2.27. The van der Waals surface area contributed by atoms with Gasteiger partial charge in [-0.25, -0.2) is 8.78 Å². The fourth-order valence-corrected chi connectivity index (χ4v) is 2.86. The molecule has 0 heterocycles. The van der Waals surface area contributed by atoms with Crippen LogP contribution >= 0.6 is 31.9 Å². The fraction of sp³-hybridized carbons (Fsp3) is 0.200. The van der Waals surface area contributed by atoms with Gasteiger partial charge in [-0.15, -0.1) is 0 Å². The van der Waals surface area contributed by atoms with Crippen molar-refractivity contribution in [2.75, 3.05) is 7.05 Å². The topological polar surface area (TPSA) is 12.0 Å². The SMILES string of the molecule is CNC(Cc1cccc(F)c1Br)c1ccc(F)c(Br)c1. The van der Waals surface area contributed by atoms with Gasteiger partial charge in [0.05, 0.1) is 8.95 Å². The number of halogens is 4. The zero-order valence-corrected chi connectivity index (χ0v) is 13.9. The molecule has 1 nitrogen and oxygen atoms in total. The third-order valence-corrected chi connectivity index (χ3v) is 4.65. The highest BCUT2D eigenvalue weighted by Gasteiger charge is 2.15. The van der Waals surface area contributed by atoms with Crippen LogP contribution < -0.4 is 5.32 Å². The van der Waals surface area contributed by atoms with Crippen molar-refractivity contribution in [3.05, 3.63) is 68.1 Å². The summed E-state index contributed by atoms with van der Waals surface area (Å²) in [7, 11) is 1.83. The standard InChI is InChI=1S/C15H13Br2F2N/c1-20-14(9-5-6-12(18)11(16)7-9)8-10-3-2-4-13(19)15(10)17/h2-7,14,20H,8H2,1H3. The molecule has 2 aromatic rings. The van der Waals surface area contributed by atoms with E-state index in [0.29, 0.717) is 15.4 Å². The molecule has 2 rings (SSSR count). The molecule has 1 N–H and O–H groups in total. The summed E-state index contributed by atoms with van der Waals surface area (Å²) < 4.78 is 27.7. The number of hydrogen-bond donors (Lipinski definition) is 1. The largest absolute Gasteiger partial charge is 0.313 e. The van der Waals surface area contributed by atoms with E-state index in [1.165, 1.54) is 12.1 Å². The molecule has 2 aromatic carbocycles. The molecule has 0 aliphatic rings. The lowest BCUT2D eigenvalue weighted by atomic mass is 9.99. The zero-order valence-electron chi connectivity index (χ0n) is 10.8. The van der Waals surface area contributed by atoms with Gasteiger partial charge in [0.25, 0.3) is 0 Å². The Balaban J connectivity index is 2.28. The molecule has 1 atom stereocenters. The van der Waals surface area contributed by atoms with Crippen molar-refractivity contribution in [3.8, 4) is 0 Å². The van der Waals surface area contributed by atoms with E-state index in [1.54, 1.807) is 18.2 Å². The van der Waals surface area contributed by atoms with Gasteiger partial charge in [-0.3, -0.25) is 0 Å². The van der Waals surface area contributed by atoms with Crippen LogP contribution in [0.15, 0.2) is 45.3 Å². The van der Waals surface area contributed by atoms with Crippen molar-refractivity contribution >= 4 is 31.9 Å². The van der Waals surface area contributed by atoms with Gasteiger partial charge in [0, 0.05) is 6.04 Å². The summed E-state index contributed by atoms with van der Waals surface area (Å²) in [5, 5.41) is 3.17. The minimum absolute atomic E-state index is 0.0231. The fourth-order valence-electron chi connectivity index (χ4n) is 2.04. The normalized spacial score (nSPS) is 12.4. The maximum Gasteiger partial charge on any atom is 0.137 e. The Morgan fingerprint density at radius 1 is 1.10 bits per heavy atom. The minimum atomic E-state index is -0.296. The molecule has 20 heavy (non-hydrogen) atoms. The highest BCUT2D eigenvalue weighted by atomic mass is 79.9. The molecule has 0 saturated heterocycles. The number of hydrogen-bond acceptors (Lipinski definition) is 1. The lowest BCUT2D eigenvalue weighted by Crippen LogP contribution is -2.19. The van der Waals surface area contributed by atoms with E-state index in [2.05, 4.69) is 37.2 Å². The van der Waals surface area contributed by atoms with Gasteiger partial charge in [0.15, 0.2) is 0 Å². The van der Waals surface area contributed by atoms with Gasteiger partial charge in [-0.05, 0) is 74.7 Å². The van der Waals surface area contributed by atoms with Crippen LogP contribution in [0.5, 0.6) is 0 Å². The van der Waals surface area contributed by atoms with E-state index in [0.717, 1.165) is 11.1 Å². The predicted octanol–water partition coefficient (Wildman–Crippen LogP) is 4.99. The first-order chi connectivity index (χ1) is 9.52. The second-order valence-corrected chi connectivity index (χ2v) is 6.08. The van der Waals surface area contributed by atoms with E-state index < -0.39 is 0 Å². The summed E-state index contributed by atoms with van der Waals surface area (Å²) in [6, 6.07) is 9.84. The molecule has 0 fully saturated rings. The van der Waals surface area contributed by atoms with Crippen molar-refractivity contribution in [1.29, 1.82) is 0 Å². The van der Waals surface area contributed by atoms with Crippen LogP contribution in [0.2, 0.25) is 0 Å². The highest BCUT2D eigenvalue weighted by molar-refractivity contribution is 9.10. The molecule has 0 aliphatic heterocycles. The molecule has 0 spiro atoms. The number of nitrogens with one attached hydrogen (secondary N) is 1. The first-order valence-electron chi connectivity index (χ1n) is 6.08. The molecule has 1 unspecified atom stereocenters. The lowest BCUT2D eigenvalue weighted by Gasteiger charge is -2.18. The van der Waals surface area contributed by atoms with E-state index >= 15 is 0 Å². The number of rotatable bonds is 4. The Labute approximate surface area is 133 Å². The molecule has 5 heteroatoms. The Bertz CT molecular complexity index is 617. The van der Waals surface area contributed by atoms with Gasteiger partial charge >= 0.3 is 0 Å². The first kappa shape index (κ1) is 15.6. The lowest BCUT2D eigenvalue weighted by molar-refractivity contribution is 0.575. The second-order valence-electron chi connectivity index (χ2n) is 4.43. The molecule has 106 valence electrons. The van der Waals surface area contributed by atoms with Gasteiger partial charge in [0.1, 0.15) is 11.6 Å². The smallest absolute Gasteiger partial charge is 0.137 e. The quantitative estimate of drug-likeness (QED) is 0.756. The Morgan fingerprint density at radius 3 is 2.50 bits per heavy atom. The van der Waals surface area contributed by atoms with Crippen molar-refractivity contribution in [2.24, 2.45) is 0 Å². The van der Waals surface area contributed by atoms with Gasteiger partial charge in [-0.1, -0.05) is 18.2 Å². The molecule has 0 bridgehead atoms. The molecule has 0 aliphatic carbocycles. The van der Waals surface area contributed by atoms with Crippen LogP contribution in [-0.2, 0) is 6.42 Å². The van der Waals surface area contributed by atoms with Crippen LogP contribution in [0.25, 0.3) is 0 Å². The van der Waals surface area contributed by atoms with E-state index in [-0.39, 0.29) is 17.7 Å². The third-order valence-electron chi connectivity index (χ3n) is 3.15. The summed E-state index contributed by atoms with van der Waals surface area (Å²) in [6.07, 6.45) is 0.604. The average molecular weight is 405 g/mol. The molecule has 0 saturated carbocycles. The van der Waals surface area contributed by atoms with Crippen molar-refractivity contribution < 1.29 is 8.78 Å². The first-order valence-corrected chi connectivity index (χ1v) is 7.66. The Morgan fingerprint density at radius 2 is 1.85 bits per heavy atom. The number of benzene rings is 2.